The van der Waals surface area contributed by atoms with Crippen molar-refractivity contribution in [3.8, 4) is 5.75 Å². The third-order valence-corrected chi connectivity index (χ3v) is 5.70. The second-order valence-corrected chi connectivity index (χ2v) is 8.06. The van der Waals surface area contributed by atoms with Crippen molar-refractivity contribution in [2.75, 3.05) is 11.5 Å². The van der Waals surface area contributed by atoms with Crippen LogP contribution in [0.3, 0.4) is 0 Å². The van der Waals surface area contributed by atoms with Gasteiger partial charge in [0.25, 0.3) is 11.8 Å². The molecule has 2 aromatic rings. The summed E-state index contributed by atoms with van der Waals surface area (Å²) in [6, 6.07) is 13.8. The fraction of sp³-hybridized carbons (Fsp3) is 0.333. The lowest BCUT2D eigenvalue weighted by Gasteiger charge is -2.30. The van der Waals surface area contributed by atoms with Gasteiger partial charge in [-0.05, 0) is 49.2 Å². The van der Waals surface area contributed by atoms with Crippen LogP contribution in [0.1, 0.15) is 33.1 Å². The zero-order valence-electron chi connectivity index (χ0n) is 18.5. The highest BCUT2D eigenvalue weighted by atomic mass is 35.5. The van der Waals surface area contributed by atoms with Crippen LogP contribution in [0.15, 0.2) is 54.6 Å². The highest BCUT2D eigenvalue weighted by Crippen LogP contribution is 2.26. The quantitative estimate of drug-likeness (QED) is 0.470. The maximum absolute atomic E-state index is 13.2. The first kappa shape index (κ1) is 24.3. The molecule has 1 aliphatic heterocycles. The molecule has 1 atom stereocenters. The number of anilines is 1. The van der Waals surface area contributed by atoms with Crippen molar-refractivity contribution < 1.29 is 23.9 Å². The third kappa shape index (κ3) is 5.70. The van der Waals surface area contributed by atoms with Gasteiger partial charge in [0.05, 0.1) is 12.1 Å². The number of ether oxygens (including phenoxy) is 1. The monoisotopic (exact) mass is 471 g/mol. The van der Waals surface area contributed by atoms with Crippen LogP contribution < -0.4 is 15.1 Å². The molecule has 4 amide bonds. The minimum absolute atomic E-state index is 0.224. The number of hydrazine groups is 1. The molecule has 1 heterocycles. The van der Waals surface area contributed by atoms with Crippen LogP contribution in [0.5, 0.6) is 5.75 Å². The minimum atomic E-state index is -1.13. The van der Waals surface area contributed by atoms with E-state index in [-0.39, 0.29) is 13.0 Å². The molecule has 174 valence electrons. The number of hydrogen-bond donors (Lipinski definition) is 1. The number of nitrogens with zero attached hydrogens (tertiary/aromatic N) is 2. The Morgan fingerprint density at radius 1 is 1.09 bits per heavy atom. The molecule has 1 aliphatic rings. The van der Waals surface area contributed by atoms with Gasteiger partial charge in [0.1, 0.15) is 11.8 Å². The summed E-state index contributed by atoms with van der Waals surface area (Å²) in [5.41, 5.74) is 2.93. The summed E-state index contributed by atoms with van der Waals surface area (Å²) in [5, 5.41) is 1.54. The summed E-state index contributed by atoms with van der Waals surface area (Å²) < 4.78 is 5.45. The highest BCUT2D eigenvalue weighted by Gasteiger charge is 2.46. The van der Waals surface area contributed by atoms with Crippen molar-refractivity contribution in [2.24, 2.45) is 5.92 Å². The number of benzene rings is 2. The van der Waals surface area contributed by atoms with Gasteiger partial charge in [-0.2, -0.15) is 0 Å². The van der Waals surface area contributed by atoms with E-state index in [0.29, 0.717) is 29.3 Å². The van der Waals surface area contributed by atoms with E-state index < -0.39 is 35.6 Å². The Balaban J connectivity index is 1.78. The Labute approximate surface area is 197 Å². The molecule has 0 aliphatic carbocycles. The molecule has 33 heavy (non-hydrogen) atoms. The number of carbonyl (C=O) groups excluding carboxylic acids is 4. The number of nitrogens with one attached hydrogen (secondary N) is 1. The summed E-state index contributed by atoms with van der Waals surface area (Å²) in [7, 11) is 0. The Kier molecular flexibility index (Phi) is 8.06. The first-order chi connectivity index (χ1) is 15.8. The van der Waals surface area contributed by atoms with Gasteiger partial charge in [0.15, 0.2) is 6.61 Å². The van der Waals surface area contributed by atoms with E-state index in [1.807, 2.05) is 13.8 Å². The van der Waals surface area contributed by atoms with Crippen molar-refractivity contribution in [1.82, 2.24) is 10.4 Å². The van der Waals surface area contributed by atoms with Crippen molar-refractivity contribution in [2.45, 2.75) is 39.2 Å². The molecule has 8 nitrogen and oxygen atoms in total. The van der Waals surface area contributed by atoms with Gasteiger partial charge in [-0.25, -0.2) is 9.91 Å². The number of imide groups is 1. The lowest BCUT2D eigenvalue weighted by Crippen LogP contribution is -2.57. The summed E-state index contributed by atoms with van der Waals surface area (Å²) in [6.45, 7) is 3.33. The molecule has 0 aromatic heterocycles. The lowest BCUT2D eigenvalue weighted by atomic mass is 10.0. The van der Waals surface area contributed by atoms with E-state index in [1.54, 1.807) is 54.6 Å². The average Bonchev–Trinajstić information content (AvgIpc) is 3.11. The van der Waals surface area contributed by atoms with Crippen LogP contribution in [0.25, 0.3) is 0 Å². The topological polar surface area (TPSA) is 96.0 Å². The van der Waals surface area contributed by atoms with E-state index in [0.717, 1.165) is 9.91 Å². The second kappa shape index (κ2) is 11.0. The normalized spacial score (nSPS) is 15.6. The first-order valence-corrected chi connectivity index (χ1v) is 11.2. The standard InChI is InChI=1S/C24H26ClN3O5/c1-3-16(4-2)23(31)28(26-21(29)15-33-19-12-10-17(25)11-13-19)20-14-22(30)27(24(20)32)18-8-6-5-7-9-18/h5-13,16,20H,3-4,14-15H2,1-2H3,(H,26,29). The largest absolute Gasteiger partial charge is 0.484 e. The molecule has 0 bridgehead atoms. The highest BCUT2D eigenvalue weighted by molar-refractivity contribution is 6.30. The van der Waals surface area contributed by atoms with Gasteiger partial charge in [-0.15, -0.1) is 0 Å². The molecule has 0 radical (unpaired) electrons. The van der Waals surface area contributed by atoms with Gasteiger partial charge in [-0.1, -0.05) is 43.6 Å². The number of amides is 4. The van der Waals surface area contributed by atoms with E-state index >= 15 is 0 Å². The van der Waals surface area contributed by atoms with E-state index in [9.17, 15) is 19.2 Å². The number of carbonyl (C=O) groups is 4. The molecular weight excluding hydrogens is 446 g/mol. The molecule has 1 fully saturated rings. The Bertz CT molecular complexity index is 1010. The van der Waals surface area contributed by atoms with Gasteiger partial charge < -0.3 is 4.74 Å². The number of hydrogen-bond acceptors (Lipinski definition) is 5. The Morgan fingerprint density at radius 3 is 2.33 bits per heavy atom. The predicted molar refractivity (Wildman–Crippen MR) is 123 cm³/mol. The third-order valence-electron chi connectivity index (χ3n) is 5.45. The fourth-order valence-electron chi connectivity index (χ4n) is 3.63. The minimum Gasteiger partial charge on any atom is -0.484 e. The average molecular weight is 472 g/mol. The van der Waals surface area contributed by atoms with E-state index in [4.69, 9.17) is 16.3 Å². The summed E-state index contributed by atoms with van der Waals surface area (Å²) >= 11 is 5.85. The molecule has 0 saturated carbocycles. The van der Waals surface area contributed by atoms with Crippen molar-refractivity contribution >= 4 is 40.9 Å². The van der Waals surface area contributed by atoms with E-state index in [2.05, 4.69) is 5.43 Å². The molecule has 1 saturated heterocycles. The lowest BCUT2D eigenvalue weighted by molar-refractivity contribution is -0.151. The SMILES string of the molecule is CCC(CC)C(=O)N(NC(=O)COc1ccc(Cl)cc1)C1CC(=O)N(c2ccccc2)C1=O. The predicted octanol–water partition coefficient (Wildman–Crippen LogP) is 3.35. The van der Waals surface area contributed by atoms with Crippen LogP contribution in [-0.2, 0) is 19.2 Å². The molecule has 2 aromatic carbocycles. The van der Waals surface area contributed by atoms with Crippen LogP contribution in [0, 0.1) is 5.92 Å². The molecule has 9 heteroatoms. The first-order valence-electron chi connectivity index (χ1n) is 10.8. The summed E-state index contributed by atoms with van der Waals surface area (Å²) in [4.78, 5) is 52.7. The summed E-state index contributed by atoms with van der Waals surface area (Å²) in [5.74, 6) is -2.02. The summed E-state index contributed by atoms with van der Waals surface area (Å²) in [6.07, 6.45) is 0.832. The van der Waals surface area contributed by atoms with Gasteiger partial charge in [0.2, 0.25) is 11.8 Å². The number of rotatable bonds is 8. The molecule has 0 spiro atoms. The van der Waals surface area contributed by atoms with Crippen LogP contribution in [0.4, 0.5) is 5.69 Å². The maximum atomic E-state index is 13.2. The molecule has 1 N–H and O–H groups in total. The Morgan fingerprint density at radius 2 is 1.73 bits per heavy atom. The van der Waals surface area contributed by atoms with Gasteiger partial charge in [-0.3, -0.25) is 24.6 Å². The molecule has 1 unspecified atom stereocenters. The van der Waals surface area contributed by atoms with Gasteiger partial charge >= 0.3 is 0 Å². The zero-order chi connectivity index (χ0) is 24.0. The van der Waals surface area contributed by atoms with Crippen molar-refractivity contribution in [1.29, 1.82) is 0 Å². The molecular formula is C24H26ClN3O5. The smallest absolute Gasteiger partial charge is 0.276 e. The van der Waals surface area contributed by atoms with Crippen LogP contribution in [-0.4, -0.2) is 41.3 Å². The fourth-order valence-corrected chi connectivity index (χ4v) is 3.76. The Hall–Kier alpha value is -3.39. The number of halogens is 1. The zero-order valence-corrected chi connectivity index (χ0v) is 19.2. The van der Waals surface area contributed by atoms with Crippen LogP contribution in [0.2, 0.25) is 5.02 Å². The van der Waals surface area contributed by atoms with Crippen molar-refractivity contribution in [3.05, 3.63) is 59.6 Å². The van der Waals surface area contributed by atoms with E-state index in [1.165, 1.54) is 0 Å². The van der Waals surface area contributed by atoms with Gasteiger partial charge in [0, 0.05) is 10.9 Å². The molecule has 3 rings (SSSR count). The number of para-hydroxylation sites is 1. The van der Waals surface area contributed by atoms with Crippen LogP contribution >= 0.6 is 11.6 Å². The maximum Gasteiger partial charge on any atom is 0.276 e. The van der Waals surface area contributed by atoms with Crippen molar-refractivity contribution in [3.63, 3.8) is 0 Å². The second-order valence-electron chi connectivity index (χ2n) is 7.62.